The number of halogens is 4. The summed E-state index contributed by atoms with van der Waals surface area (Å²) < 4.78 is 54.8. The van der Waals surface area contributed by atoms with Crippen molar-refractivity contribution < 1.29 is 22.4 Å². The predicted molar refractivity (Wildman–Crippen MR) is 115 cm³/mol. The van der Waals surface area contributed by atoms with Gasteiger partial charge >= 0.3 is 6.18 Å². The minimum absolute atomic E-state index is 0.0785. The first kappa shape index (κ1) is 22.5. The summed E-state index contributed by atoms with van der Waals surface area (Å²) in [7, 11) is 0. The summed E-state index contributed by atoms with van der Waals surface area (Å²) in [6.45, 7) is 0. The molecular formula is C22H15F4N5OS. The van der Waals surface area contributed by atoms with E-state index in [1.807, 2.05) is 12.1 Å². The maximum atomic E-state index is 13.7. The zero-order valence-electron chi connectivity index (χ0n) is 16.8. The highest BCUT2D eigenvalue weighted by atomic mass is 32.2. The van der Waals surface area contributed by atoms with Gasteiger partial charge in [-0.2, -0.15) is 13.2 Å². The number of carbonyl (C=O) groups excluding carboxylic acids is 1. The van der Waals surface area contributed by atoms with Gasteiger partial charge in [0.15, 0.2) is 11.4 Å². The van der Waals surface area contributed by atoms with Crippen molar-refractivity contribution in [2.24, 2.45) is 0 Å². The molecule has 0 unspecified atom stereocenters. The summed E-state index contributed by atoms with van der Waals surface area (Å²) in [4.78, 5) is 17.5. The molecule has 2 aromatic carbocycles. The fourth-order valence-corrected chi connectivity index (χ4v) is 3.76. The lowest BCUT2D eigenvalue weighted by Crippen LogP contribution is -2.21. The van der Waals surface area contributed by atoms with Gasteiger partial charge in [0.1, 0.15) is 5.82 Å². The molecule has 0 fully saturated rings. The van der Waals surface area contributed by atoms with E-state index in [0.29, 0.717) is 16.1 Å². The van der Waals surface area contributed by atoms with Crippen LogP contribution in [0, 0.1) is 5.82 Å². The van der Waals surface area contributed by atoms with Crippen molar-refractivity contribution in [2.45, 2.75) is 16.8 Å². The first-order valence-corrected chi connectivity index (χ1v) is 10.5. The van der Waals surface area contributed by atoms with Crippen LogP contribution in [-0.2, 0) is 11.9 Å². The Morgan fingerprint density at radius 2 is 1.76 bits per heavy atom. The molecule has 0 aliphatic carbocycles. The molecule has 0 radical (unpaired) electrons. The minimum atomic E-state index is -4.92. The lowest BCUT2D eigenvalue weighted by molar-refractivity contribution is -0.143. The molecule has 0 bridgehead atoms. The van der Waals surface area contributed by atoms with Crippen LogP contribution in [0.15, 0.2) is 78.0 Å². The molecule has 2 aromatic heterocycles. The van der Waals surface area contributed by atoms with Gasteiger partial charge in [0.25, 0.3) is 5.91 Å². The molecule has 1 N–H and O–H groups in total. The van der Waals surface area contributed by atoms with Crippen molar-refractivity contribution in [1.29, 1.82) is 0 Å². The van der Waals surface area contributed by atoms with Gasteiger partial charge in [-0.15, -0.1) is 16.9 Å². The van der Waals surface area contributed by atoms with Gasteiger partial charge in [-0.1, -0.05) is 11.3 Å². The van der Waals surface area contributed by atoms with Crippen molar-refractivity contribution in [3.8, 4) is 5.69 Å². The molecule has 0 aliphatic heterocycles. The smallest absolute Gasteiger partial charge is 0.321 e. The quantitative estimate of drug-likeness (QED) is 0.301. The third-order valence-corrected chi connectivity index (χ3v) is 5.55. The highest BCUT2D eigenvalue weighted by molar-refractivity contribution is 7.98. The molecule has 168 valence electrons. The van der Waals surface area contributed by atoms with Crippen LogP contribution in [-0.4, -0.2) is 25.9 Å². The molecule has 0 spiro atoms. The SMILES string of the molecule is O=C(Nc1ccc(SCc2cccnc2)cc1)c1nnn(-c2ccc(F)cc2)c1C(F)(F)F. The fraction of sp³-hybridized carbons (Fsp3) is 0.0909. The highest BCUT2D eigenvalue weighted by Gasteiger charge is 2.42. The molecule has 2 heterocycles. The Morgan fingerprint density at radius 3 is 2.39 bits per heavy atom. The van der Waals surface area contributed by atoms with E-state index in [1.54, 1.807) is 48.4 Å². The van der Waals surface area contributed by atoms with Gasteiger partial charge in [-0.25, -0.2) is 9.07 Å². The van der Waals surface area contributed by atoms with E-state index in [2.05, 4.69) is 20.6 Å². The maximum Gasteiger partial charge on any atom is 0.435 e. The van der Waals surface area contributed by atoms with Crippen LogP contribution in [0.1, 0.15) is 21.7 Å². The topological polar surface area (TPSA) is 72.7 Å². The monoisotopic (exact) mass is 473 g/mol. The molecule has 4 rings (SSSR count). The molecule has 0 saturated carbocycles. The van der Waals surface area contributed by atoms with E-state index in [0.717, 1.165) is 34.7 Å². The van der Waals surface area contributed by atoms with E-state index in [-0.39, 0.29) is 5.69 Å². The number of hydrogen-bond donors (Lipinski definition) is 1. The van der Waals surface area contributed by atoms with Crippen molar-refractivity contribution in [3.05, 3.63) is 95.8 Å². The van der Waals surface area contributed by atoms with E-state index >= 15 is 0 Å². The Hall–Kier alpha value is -3.73. The number of thioether (sulfide) groups is 1. The van der Waals surface area contributed by atoms with Gasteiger partial charge in [0.2, 0.25) is 0 Å². The highest BCUT2D eigenvalue weighted by Crippen LogP contribution is 2.33. The molecule has 1 amide bonds. The second kappa shape index (κ2) is 9.41. The van der Waals surface area contributed by atoms with Crippen LogP contribution >= 0.6 is 11.8 Å². The Balaban J connectivity index is 1.50. The van der Waals surface area contributed by atoms with Gasteiger partial charge < -0.3 is 5.32 Å². The largest absolute Gasteiger partial charge is 0.435 e. The molecule has 0 aliphatic rings. The number of carbonyl (C=O) groups is 1. The van der Waals surface area contributed by atoms with Crippen molar-refractivity contribution in [2.75, 3.05) is 5.32 Å². The normalized spacial score (nSPS) is 11.4. The number of nitrogens with one attached hydrogen (secondary N) is 1. The number of hydrogen-bond acceptors (Lipinski definition) is 5. The van der Waals surface area contributed by atoms with Crippen LogP contribution in [0.5, 0.6) is 0 Å². The molecule has 4 aromatic rings. The van der Waals surface area contributed by atoms with Gasteiger partial charge in [-0.05, 0) is 60.2 Å². The average molecular weight is 473 g/mol. The Bertz CT molecular complexity index is 1240. The Kier molecular flexibility index (Phi) is 6.40. The van der Waals surface area contributed by atoms with Crippen LogP contribution in [0.2, 0.25) is 0 Å². The molecule has 0 atom stereocenters. The van der Waals surface area contributed by atoms with Crippen LogP contribution in [0.3, 0.4) is 0 Å². The van der Waals surface area contributed by atoms with Crippen molar-refractivity contribution in [1.82, 2.24) is 20.0 Å². The summed E-state index contributed by atoms with van der Waals surface area (Å²) in [6, 6.07) is 14.7. The van der Waals surface area contributed by atoms with Crippen molar-refractivity contribution in [3.63, 3.8) is 0 Å². The number of anilines is 1. The number of aromatic nitrogens is 4. The third kappa shape index (κ3) is 5.37. The number of rotatable bonds is 6. The van der Waals surface area contributed by atoms with Gasteiger partial charge in [0.05, 0.1) is 5.69 Å². The summed E-state index contributed by atoms with van der Waals surface area (Å²) >= 11 is 1.55. The Labute approximate surface area is 189 Å². The number of alkyl halides is 3. The minimum Gasteiger partial charge on any atom is -0.321 e. The van der Waals surface area contributed by atoms with E-state index in [4.69, 9.17) is 0 Å². The van der Waals surface area contributed by atoms with Gasteiger partial charge in [-0.3, -0.25) is 9.78 Å². The molecule has 6 nitrogen and oxygen atoms in total. The zero-order chi connectivity index (χ0) is 23.4. The molecular weight excluding hydrogens is 458 g/mol. The standard InChI is InChI=1S/C22H15F4N5OS/c23-15-3-7-17(8-4-15)31-20(22(24,25)26)19(29-30-31)21(32)28-16-5-9-18(10-6-16)33-13-14-2-1-11-27-12-14/h1-12H,13H2,(H,28,32). The summed E-state index contributed by atoms with van der Waals surface area (Å²) in [6.07, 6.45) is -1.47. The predicted octanol–water partition coefficient (Wildman–Crippen LogP) is 5.36. The molecule has 33 heavy (non-hydrogen) atoms. The lowest BCUT2D eigenvalue weighted by Gasteiger charge is -2.11. The van der Waals surface area contributed by atoms with E-state index < -0.39 is 29.3 Å². The van der Waals surface area contributed by atoms with Gasteiger partial charge in [0, 0.05) is 28.7 Å². The third-order valence-electron chi connectivity index (χ3n) is 4.47. The first-order chi connectivity index (χ1) is 15.8. The number of amides is 1. The van der Waals surface area contributed by atoms with Crippen LogP contribution < -0.4 is 5.32 Å². The number of benzene rings is 2. The lowest BCUT2D eigenvalue weighted by atomic mass is 10.2. The fourth-order valence-electron chi connectivity index (χ4n) is 2.93. The Morgan fingerprint density at radius 1 is 1.03 bits per heavy atom. The number of pyridine rings is 1. The second-order valence-electron chi connectivity index (χ2n) is 6.80. The van der Waals surface area contributed by atoms with E-state index in [1.165, 1.54) is 0 Å². The van der Waals surface area contributed by atoms with E-state index in [9.17, 15) is 22.4 Å². The van der Waals surface area contributed by atoms with Crippen LogP contribution in [0.25, 0.3) is 5.69 Å². The molecule has 11 heteroatoms. The summed E-state index contributed by atoms with van der Waals surface area (Å²) in [5.74, 6) is -0.986. The molecule has 0 saturated heterocycles. The summed E-state index contributed by atoms with van der Waals surface area (Å²) in [5, 5.41) is 9.31. The second-order valence-corrected chi connectivity index (χ2v) is 7.85. The number of nitrogens with zero attached hydrogens (tertiary/aromatic N) is 4. The summed E-state index contributed by atoms with van der Waals surface area (Å²) in [5.41, 5.74) is -0.971. The van der Waals surface area contributed by atoms with Crippen LogP contribution in [0.4, 0.5) is 23.2 Å². The van der Waals surface area contributed by atoms with Crippen molar-refractivity contribution >= 4 is 23.4 Å². The first-order valence-electron chi connectivity index (χ1n) is 9.53. The maximum absolute atomic E-state index is 13.7. The average Bonchev–Trinajstić information content (AvgIpc) is 3.26. The zero-order valence-corrected chi connectivity index (χ0v) is 17.6.